The number of rotatable bonds is 4. The summed E-state index contributed by atoms with van der Waals surface area (Å²) < 4.78 is 33.6. The van der Waals surface area contributed by atoms with Crippen LogP contribution in [0.25, 0.3) is 5.52 Å². The minimum absolute atomic E-state index is 0.190. The second-order valence-electron chi connectivity index (χ2n) is 5.89. The number of aromatic nitrogens is 3. The predicted molar refractivity (Wildman–Crippen MR) is 78.5 cm³/mol. The van der Waals surface area contributed by atoms with Crippen molar-refractivity contribution in [3.63, 3.8) is 0 Å². The van der Waals surface area contributed by atoms with Crippen LogP contribution in [0.4, 0.5) is 8.78 Å². The van der Waals surface area contributed by atoms with Crippen LogP contribution in [0, 0.1) is 0 Å². The molecule has 23 heavy (non-hydrogen) atoms. The lowest BCUT2D eigenvalue weighted by atomic mass is 9.82. The quantitative estimate of drug-likeness (QED) is 0.935. The number of nitrogens with one attached hydrogen (secondary N) is 1. The minimum atomic E-state index is -2.64. The van der Waals surface area contributed by atoms with Gasteiger partial charge in [-0.3, -0.25) is 9.78 Å². The van der Waals surface area contributed by atoms with E-state index in [1.165, 1.54) is 13.3 Å². The van der Waals surface area contributed by atoms with Crippen molar-refractivity contribution in [2.75, 3.05) is 13.7 Å². The molecule has 6 nitrogen and oxygen atoms in total. The van der Waals surface area contributed by atoms with Crippen molar-refractivity contribution in [3.8, 4) is 0 Å². The lowest BCUT2D eigenvalue weighted by molar-refractivity contribution is -0.116. The maximum Gasteiger partial charge on any atom is 0.255 e. The number of nitrogens with zero attached hydrogens (tertiary/aromatic N) is 3. The van der Waals surface area contributed by atoms with Crippen LogP contribution in [-0.4, -0.2) is 45.7 Å². The maximum atomic E-state index is 13.3. The number of methoxy groups -OCH3 is 1. The summed E-state index contributed by atoms with van der Waals surface area (Å²) in [5.74, 6) is -2.96. The first kappa shape index (κ1) is 15.8. The van der Waals surface area contributed by atoms with E-state index in [2.05, 4.69) is 15.4 Å². The number of carbonyl (C=O) groups is 1. The van der Waals surface area contributed by atoms with Crippen LogP contribution in [0.1, 0.15) is 36.0 Å². The number of ether oxygens (including phenoxy) is 1. The van der Waals surface area contributed by atoms with Gasteiger partial charge >= 0.3 is 0 Å². The highest BCUT2D eigenvalue weighted by Crippen LogP contribution is 2.39. The third-order valence-corrected chi connectivity index (χ3v) is 4.47. The predicted octanol–water partition coefficient (Wildman–Crippen LogP) is 2.05. The van der Waals surface area contributed by atoms with Gasteiger partial charge in [-0.15, -0.1) is 0 Å². The average molecular weight is 324 g/mol. The fraction of sp³-hybridized carbons (Fsp3) is 0.533. The Labute approximate surface area is 131 Å². The van der Waals surface area contributed by atoms with E-state index < -0.39 is 11.5 Å². The summed E-state index contributed by atoms with van der Waals surface area (Å²) in [5, 5.41) is 6.85. The van der Waals surface area contributed by atoms with E-state index in [-0.39, 0.29) is 38.1 Å². The number of halogens is 2. The molecule has 2 heterocycles. The zero-order chi connectivity index (χ0) is 16.5. The monoisotopic (exact) mass is 324 g/mol. The molecule has 0 bridgehead atoms. The molecule has 1 aliphatic carbocycles. The Morgan fingerprint density at radius 1 is 1.35 bits per heavy atom. The summed E-state index contributed by atoms with van der Waals surface area (Å²) in [4.78, 5) is 16.3. The van der Waals surface area contributed by atoms with Crippen molar-refractivity contribution in [2.24, 2.45) is 0 Å². The smallest absolute Gasteiger partial charge is 0.255 e. The van der Waals surface area contributed by atoms with Gasteiger partial charge in [-0.05, 0) is 12.8 Å². The molecule has 0 unspecified atom stereocenters. The van der Waals surface area contributed by atoms with Crippen LogP contribution in [0.15, 0.2) is 24.8 Å². The molecule has 1 fully saturated rings. The van der Waals surface area contributed by atoms with Crippen LogP contribution in [0.5, 0.6) is 0 Å². The van der Waals surface area contributed by atoms with Gasteiger partial charge in [0.25, 0.3) is 5.91 Å². The van der Waals surface area contributed by atoms with Gasteiger partial charge in [0.2, 0.25) is 5.92 Å². The summed E-state index contributed by atoms with van der Waals surface area (Å²) in [7, 11) is 1.49. The largest absolute Gasteiger partial charge is 0.376 e. The number of carbonyl (C=O) groups excluding carboxylic acids is 1. The molecule has 0 spiro atoms. The van der Waals surface area contributed by atoms with Crippen molar-refractivity contribution < 1.29 is 18.3 Å². The van der Waals surface area contributed by atoms with E-state index in [9.17, 15) is 13.6 Å². The Bertz CT molecular complexity index is 706. The number of fused-ring (bicyclic) bond motifs is 1. The lowest BCUT2D eigenvalue weighted by Crippen LogP contribution is -2.48. The molecule has 8 heteroatoms. The molecule has 0 radical (unpaired) electrons. The summed E-state index contributed by atoms with van der Waals surface area (Å²) in [6, 6.07) is 0. The fourth-order valence-corrected chi connectivity index (χ4v) is 2.87. The molecule has 1 amide bonds. The Hall–Kier alpha value is -2.09. The molecular formula is C15H18F2N4O2. The normalized spacial score (nSPS) is 19.6. The van der Waals surface area contributed by atoms with Gasteiger partial charge in [-0.1, -0.05) is 0 Å². The minimum Gasteiger partial charge on any atom is -0.376 e. The molecule has 3 rings (SSSR count). The number of hydrogen-bond acceptors (Lipinski definition) is 4. The van der Waals surface area contributed by atoms with Crippen LogP contribution in [0.3, 0.4) is 0 Å². The van der Waals surface area contributed by atoms with E-state index in [0.29, 0.717) is 11.1 Å². The molecular weight excluding hydrogens is 306 g/mol. The third kappa shape index (κ3) is 3.17. The topological polar surface area (TPSA) is 68.5 Å². The molecule has 2 aromatic heterocycles. The number of amides is 1. The zero-order valence-corrected chi connectivity index (χ0v) is 12.8. The lowest BCUT2D eigenvalue weighted by Gasteiger charge is -2.39. The van der Waals surface area contributed by atoms with Crippen molar-refractivity contribution in [2.45, 2.75) is 37.2 Å². The molecule has 0 saturated heterocycles. The van der Waals surface area contributed by atoms with Crippen molar-refractivity contribution in [1.29, 1.82) is 0 Å². The fourth-order valence-electron chi connectivity index (χ4n) is 2.87. The van der Waals surface area contributed by atoms with E-state index >= 15 is 0 Å². The highest BCUT2D eigenvalue weighted by molar-refractivity contribution is 6.00. The van der Waals surface area contributed by atoms with E-state index in [4.69, 9.17) is 4.74 Å². The number of alkyl halides is 2. The Morgan fingerprint density at radius 3 is 2.78 bits per heavy atom. The van der Waals surface area contributed by atoms with Crippen LogP contribution in [0.2, 0.25) is 0 Å². The van der Waals surface area contributed by atoms with E-state index in [1.807, 2.05) is 0 Å². The van der Waals surface area contributed by atoms with Crippen LogP contribution >= 0.6 is 0 Å². The Balaban J connectivity index is 1.68. The SMILES string of the molecule is COC1(CNC(=O)c2cnn3ccncc23)CCC(F)(F)CC1. The molecule has 0 aromatic carbocycles. The standard InChI is InChI=1S/C15H18F2N4O2/c1-23-14(2-4-15(16,17)5-3-14)10-19-13(22)11-8-20-21-7-6-18-9-12(11)21/h6-9H,2-5,10H2,1H3,(H,19,22). The first-order valence-electron chi connectivity index (χ1n) is 7.43. The van der Waals surface area contributed by atoms with Gasteiger partial charge in [0.05, 0.1) is 29.1 Å². The van der Waals surface area contributed by atoms with Gasteiger partial charge in [-0.25, -0.2) is 13.3 Å². The molecule has 0 aliphatic heterocycles. The van der Waals surface area contributed by atoms with Gasteiger partial charge in [0, 0.05) is 38.9 Å². The highest BCUT2D eigenvalue weighted by Gasteiger charge is 2.43. The van der Waals surface area contributed by atoms with Crippen molar-refractivity contribution in [1.82, 2.24) is 19.9 Å². The third-order valence-electron chi connectivity index (χ3n) is 4.47. The zero-order valence-electron chi connectivity index (χ0n) is 12.8. The van der Waals surface area contributed by atoms with Gasteiger partial charge < -0.3 is 10.1 Å². The van der Waals surface area contributed by atoms with E-state index in [1.54, 1.807) is 23.1 Å². The molecule has 1 N–H and O–H groups in total. The molecule has 1 aliphatic rings. The Kier molecular flexibility index (Phi) is 4.01. The van der Waals surface area contributed by atoms with Gasteiger partial charge in [0.15, 0.2) is 0 Å². The summed E-state index contributed by atoms with van der Waals surface area (Å²) in [6.07, 6.45) is 6.21. The number of hydrogen-bond donors (Lipinski definition) is 1. The molecule has 1 saturated carbocycles. The summed E-state index contributed by atoms with van der Waals surface area (Å²) >= 11 is 0. The molecule has 2 aromatic rings. The Morgan fingerprint density at radius 2 is 2.09 bits per heavy atom. The summed E-state index contributed by atoms with van der Waals surface area (Å²) in [6.45, 7) is 0.190. The second-order valence-corrected chi connectivity index (χ2v) is 5.89. The van der Waals surface area contributed by atoms with Gasteiger partial charge in [-0.2, -0.15) is 5.10 Å². The van der Waals surface area contributed by atoms with Crippen molar-refractivity contribution in [3.05, 3.63) is 30.4 Å². The second kappa shape index (κ2) is 5.84. The van der Waals surface area contributed by atoms with Gasteiger partial charge in [0.1, 0.15) is 0 Å². The van der Waals surface area contributed by atoms with Crippen LogP contribution in [-0.2, 0) is 4.74 Å². The van der Waals surface area contributed by atoms with Crippen molar-refractivity contribution >= 4 is 11.4 Å². The highest BCUT2D eigenvalue weighted by atomic mass is 19.3. The van der Waals surface area contributed by atoms with E-state index in [0.717, 1.165) is 0 Å². The summed E-state index contributed by atoms with van der Waals surface area (Å²) in [5.41, 5.74) is 0.246. The first-order valence-corrected chi connectivity index (χ1v) is 7.43. The average Bonchev–Trinajstić information content (AvgIpc) is 2.98. The molecule has 124 valence electrons. The first-order chi connectivity index (χ1) is 10.9. The maximum absolute atomic E-state index is 13.3. The molecule has 0 atom stereocenters. The van der Waals surface area contributed by atoms with Crippen LogP contribution < -0.4 is 5.32 Å².